The SMILES string of the molecule is CN(CCCl)Cc1ccc2nc[nH]c2c1. The molecule has 0 spiro atoms. The number of aromatic amines is 1. The molecule has 0 amide bonds. The molecule has 0 aliphatic carbocycles. The third kappa shape index (κ3) is 2.49. The van der Waals surface area contributed by atoms with Gasteiger partial charge in [0.05, 0.1) is 17.4 Å². The second-order valence-corrected chi connectivity index (χ2v) is 4.06. The topological polar surface area (TPSA) is 31.9 Å². The van der Waals surface area contributed by atoms with Gasteiger partial charge in [-0.15, -0.1) is 11.6 Å². The molecular formula is C11H14ClN3. The highest BCUT2D eigenvalue weighted by Crippen LogP contribution is 2.12. The van der Waals surface area contributed by atoms with Crippen LogP contribution in [-0.4, -0.2) is 34.3 Å². The molecule has 4 heteroatoms. The first-order valence-corrected chi connectivity index (χ1v) is 5.49. The van der Waals surface area contributed by atoms with Crippen molar-refractivity contribution >= 4 is 22.6 Å². The highest BCUT2D eigenvalue weighted by molar-refractivity contribution is 6.18. The van der Waals surface area contributed by atoms with Crippen molar-refractivity contribution in [3.63, 3.8) is 0 Å². The molecule has 1 heterocycles. The van der Waals surface area contributed by atoms with Crippen molar-refractivity contribution in [2.24, 2.45) is 0 Å². The van der Waals surface area contributed by atoms with Crippen molar-refractivity contribution in [2.75, 3.05) is 19.5 Å². The summed E-state index contributed by atoms with van der Waals surface area (Å²) >= 11 is 5.68. The molecule has 80 valence electrons. The summed E-state index contributed by atoms with van der Waals surface area (Å²) in [4.78, 5) is 9.49. The predicted octanol–water partition coefficient (Wildman–Crippen LogP) is 2.23. The summed E-state index contributed by atoms with van der Waals surface area (Å²) < 4.78 is 0. The van der Waals surface area contributed by atoms with Crippen LogP contribution >= 0.6 is 11.6 Å². The van der Waals surface area contributed by atoms with Gasteiger partial charge >= 0.3 is 0 Å². The van der Waals surface area contributed by atoms with Crippen LogP contribution in [0.3, 0.4) is 0 Å². The van der Waals surface area contributed by atoms with E-state index in [0.717, 1.165) is 24.1 Å². The smallest absolute Gasteiger partial charge is 0.0931 e. The van der Waals surface area contributed by atoms with Crippen LogP contribution in [-0.2, 0) is 6.54 Å². The van der Waals surface area contributed by atoms with Crippen LogP contribution in [0.1, 0.15) is 5.56 Å². The van der Waals surface area contributed by atoms with E-state index in [1.54, 1.807) is 6.33 Å². The zero-order valence-electron chi connectivity index (χ0n) is 8.70. The van der Waals surface area contributed by atoms with E-state index in [4.69, 9.17) is 11.6 Å². The highest BCUT2D eigenvalue weighted by Gasteiger charge is 2.01. The maximum absolute atomic E-state index is 5.68. The lowest BCUT2D eigenvalue weighted by molar-refractivity contribution is 0.348. The number of benzene rings is 1. The number of nitrogens with zero attached hydrogens (tertiary/aromatic N) is 2. The van der Waals surface area contributed by atoms with Crippen molar-refractivity contribution in [3.05, 3.63) is 30.1 Å². The van der Waals surface area contributed by atoms with E-state index in [1.165, 1.54) is 5.56 Å². The van der Waals surface area contributed by atoms with Gasteiger partial charge in [-0.05, 0) is 24.7 Å². The van der Waals surface area contributed by atoms with Crippen molar-refractivity contribution in [2.45, 2.75) is 6.54 Å². The Balaban J connectivity index is 2.14. The number of hydrogen-bond acceptors (Lipinski definition) is 2. The third-order valence-corrected chi connectivity index (χ3v) is 2.57. The Morgan fingerprint density at radius 3 is 3.13 bits per heavy atom. The Bertz CT molecular complexity index is 438. The highest BCUT2D eigenvalue weighted by atomic mass is 35.5. The standard InChI is InChI=1S/C11H14ClN3/c1-15(5-4-12)7-9-2-3-10-11(6-9)14-8-13-10/h2-3,6,8H,4-5,7H2,1H3,(H,13,14). The average Bonchev–Trinajstić information content (AvgIpc) is 2.65. The maximum Gasteiger partial charge on any atom is 0.0931 e. The lowest BCUT2D eigenvalue weighted by Crippen LogP contribution is -2.19. The van der Waals surface area contributed by atoms with Crippen molar-refractivity contribution in [3.8, 4) is 0 Å². The molecule has 0 radical (unpaired) electrons. The molecule has 0 saturated heterocycles. The number of alkyl halides is 1. The molecule has 3 nitrogen and oxygen atoms in total. The molecule has 0 atom stereocenters. The zero-order chi connectivity index (χ0) is 10.7. The van der Waals surface area contributed by atoms with Gasteiger partial charge in [-0.1, -0.05) is 6.07 Å². The number of fused-ring (bicyclic) bond motifs is 1. The fraction of sp³-hybridized carbons (Fsp3) is 0.364. The summed E-state index contributed by atoms with van der Waals surface area (Å²) in [5.74, 6) is 0.669. The van der Waals surface area contributed by atoms with Gasteiger partial charge in [0, 0.05) is 19.0 Å². The molecule has 0 aliphatic heterocycles. The van der Waals surface area contributed by atoms with E-state index in [1.807, 2.05) is 6.07 Å². The van der Waals surface area contributed by atoms with E-state index < -0.39 is 0 Å². The molecule has 15 heavy (non-hydrogen) atoms. The number of hydrogen-bond donors (Lipinski definition) is 1. The molecule has 0 aliphatic rings. The Hall–Kier alpha value is -1.06. The molecule has 2 rings (SSSR count). The van der Waals surface area contributed by atoms with Crippen LogP contribution < -0.4 is 0 Å². The minimum absolute atomic E-state index is 0.669. The maximum atomic E-state index is 5.68. The lowest BCUT2D eigenvalue weighted by Gasteiger charge is -2.14. The molecule has 0 bridgehead atoms. The molecule has 0 unspecified atom stereocenters. The summed E-state index contributed by atoms with van der Waals surface area (Å²) in [5.41, 5.74) is 3.38. The Labute approximate surface area is 94.1 Å². The summed E-state index contributed by atoms with van der Waals surface area (Å²) in [6.45, 7) is 1.82. The number of halogens is 1. The predicted molar refractivity (Wildman–Crippen MR) is 63.1 cm³/mol. The molecule has 1 aromatic carbocycles. The molecule has 1 aromatic heterocycles. The lowest BCUT2D eigenvalue weighted by atomic mass is 10.2. The van der Waals surface area contributed by atoms with Crippen molar-refractivity contribution < 1.29 is 0 Å². The van der Waals surface area contributed by atoms with Crippen LogP contribution in [0.2, 0.25) is 0 Å². The van der Waals surface area contributed by atoms with E-state index in [0.29, 0.717) is 5.88 Å². The molecular weight excluding hydrogens is 210 g/mol. The summed E-state index contributed by atoms with van der Waals surface area (Å²) in [6.07, 6.45) is 1.72. The average molecular weight is 224 g/mol. The molecule has 0 saturated carbocycles. The van der Waals surface area contributed by atoms with Gasteiger partial charge in [0.15, 0.2) is 0 Å². The Morgan fingerprint density at radius 1 is 1.47 bits per heavy atom. The number of imidazole rings is 1. The summed E-state index contributed by atoms with van der Waals surface area (Å²) in [7, 11) is 2.07. The zero-order valence-corrected chi connectivity index (χ0v) is 9.46. The van der Waals surface area contributed by atoms with E-state index in [2.05, 4.69) is 34.0 Å². The van der Waals surface area contributed by atoms with Gasteiger partial charge in [-0.2, -0.15) is 0 Å². The van der Waals surface area contributed by atoms with Crippen molar-refractivity contribution in [1.29, 1.82) is 0 Å². The second kappa shape index (κ2) is 4.64. The van der Waals surface area contributed by atoms with Gasteiger partial charge in [-0.3, -0.25) is 0 Å². The van der Waals surface area contributed by atoms with Gasteiger partial charge in [-0.25, -0.2) is 4.98 Å². The van der Waals surface area contributed by atoms with Gasteiger partial charge in [0.1, 0.15) is 0 Å². The number of aromatic nitrogens is 2. The fourth-order valence-electron chi connectivity index (χ4n) is 1.62. The number of nitrogens with one attached hydrogen (secondary N) is 1. The van der Waals surface area contributed by atoms with Crippen LogP contribution in [0.5, 0.6) is 0 Å². The minimum atomic E-state index is 0.669. The van der Waals surface area contributed by atoms with Gasteiger partial charge in [0.25, 0.3) is 0 Å². The first-order chi connectivity index (χ1) is 7.29. The largest absolute Gasteiger partial charge is 0.345 e. The third-order valence-electron chi connectivity index (χ3n) is 2.40. The molecule has 1 N–H and O–H groups in total. The van der Waals surface area contributed by atoms with E-state index >= 15 is 0 Å². The van der Waals surface area contributed by atoms with Crippen LogP contribution in [0.15, 0.2) is 24.5 Å². The number of rotatable bonds is 4. The van der Waals surface area contributed by atoms with Gasteiger partial charge in [0.2, 0.25) is 0 Å². The summed E-state index contributed by atoms with van der Waals surface area (Å²) in [5, 5.41) is 0. The normalized spacial score (nSPS) is 11.4. The number of H-pyrrole nitrogens is 1. The second-order valence-electron chi connectivity index (χ2n) is 3.68. The molecule has 2 aromatic rings. The van der Waals surface area contributed by atoms with Crippen molar-refractivity contribution in [1.82, 2.24) is 14.9 Å². The Morgan fingerprint density at radius 2 is 2.33 bits per heavy atom. The summed E-state index contributed by atoms with van der Waals surface area (Å²) in [6, 6.07) is 6.27. The Kier molecular flexibility index (Phi) is 3.23. The van der Waals surface area contributed by atoms with Crippen LogP contribution in [0.25, 0.3) is 11.0 Å². The monoisotopic (exact) mass is 223 g/mol. The first-order valence-electron chi connectivity index (χ1n) is 4.96. The first kappa shape index (κ1) is 10.5. The van der Waals surface area contributed by atoms with Crippen LogP contribution in [0.4, 0.5) is 0 Å². The molecule has 0 fully saturated rings. The quantitative estimate of drug-likeness (QED) is 0.807. The van der Waals surface area contributed by atoms with E-state index in [-0.39, 0.29) is 0 Å². The van der Waals surface area contributed by atoms with Crippen LogP contribution in [0, 0.1) is 0 Å². The fourth-order valence-corrected chi connectivity index (χ4v) is 1.90. The minimum Gasteiger partial charge on any atom is -0.345 e. The van der Waals surface area contributed by atoms with Gasteiger partial charge < -0.3 is 9.88 Å². The van der Waals surface area contributed by atoms with E-state index in [9.17, 15) is 0 Å².